The van der Waals surface area contributed by atoms with Crippen LogP contribution in [-0.2, 0) is 4.79 Å². The number of carbonyl (C=O) groups excluding carboxylic acids is 1. The van der Waals surface area contributed by atoms with Gasteiger partial charge in [-0.3, -0.25) is 4.79 Å². The lowest BCUT2D eigenvalue weighted by molar-refractivity contribution is -0.174. The summed E-state index contributed by atoms with van der Waals surface area (Å²) in [6.07, 6.45) is 9.90. The molecule has 5 N–H and O–H groups in total. The topological polar surface area (TPSA) is 95.6 Å². The van der Waals surface area contributed by atoms with E-state index in [1.807, 2.05) is 0 Å². The van der Waals surface area contributed by atoms with Crippen molar-refractivity contribution in [2.45, 2.75) is 97.2 Å². The van der Waals surface area contributed by atoms with Crippen molar-refractivity contribution in [2.75, 3.05) is 13.1 Å². The molecule has 0 aliphatic heterocycles. The fraction of sp³-hybridized carbons (Fsp3) is 0.962. The fourth-order valence-corrected chi connectivity index (χ4v) is 9.04. The first kappa shape index (κ1) is 23.5. The quantitative estimate of drug-likeness (QED) is 0.515. The van der Waals surface area contributed by atoms with Gasteiger partial charge in [-0.05, 0) is 104 Å². The van der Waals surface area contributed by atoms with Crippen LogP contribution in [0.1, 0.15) is 85.0 Å². The van der Waals surface area contributed by atoms with E-state index in [2.05, 4.69) is 26.1 Å². The van der Waals surface area contributed by atoms with Crippen molar-refractivity contribution in [1.82, 2.24) is 5.32 Å². The molecular weight excluding hydrogens is 388 g/mol. The van der Waals surface area contributed by atoms with E-state index in [9.17, 15) is 15.0 Å². The maximum absolute atomic E-state index is 12.1. The molecule has 178 valence electrons. The second-order valence-electron chi connectivity index (χ2n) is 12.1. The Hall–Kier alpha value is -0.650. The van der Waals surface area contributed by atoms with Crippen LogP contribution in [0.15, 0.2) is 0 Å². The number of nitrogens with one attached hydrogen (secondary N) is 1. The third kappa shape index (κ3) is 4.08. The molecule has 31 heavy (non-hydrogen) atoms. The molecule has 0 radical (unpaired) electrons. The largest absolute Gasteiger partial charge is 0.393 e. The zero-order valence-corrected chi connectivity index (χ0v) is 20.0. The molecule has 10 atom stereocenters. The Morgan fingerprint density at radius 2 is 1.77 bits per heavy atom. The minimum atomic E-state index is -0.214. The lowest BCUT2D eigenvalue weighted by Gasteiger charge is -2.62. The van der Waals surface area contributed by atoms with E-state index in [4.69, 9.17) is 5.73 Å². The summed E-state index contributed by atoms with van der Waals surface area (Å²) in [6, 6.07) is 0. The molecule has 0 unspecified atom stereocenters. The van der Waals surface area contributed by atoms with Crippen molar-refractivity contribution in [1.29, 1.82) is 0 Å². The van der Waals surface area contributed by atoms with Crippen LogP contribution in [0, 0.1) is 46.3 Å². The van der Waals surface area contributed by atoms with Crippen LogP contribution in [0.5, 0.6) is 0 Å². The van der Waals surface area contributed by atoms with Crippen LogP contribution in [0.25, 0.3) is 0 Å². The summed E-state index contributed by atoms with van der Waals surface area (Å²) in [4.78, 5) is 12.1. The monoisotopic (exact) mass is 434 g/mol. The summed E-state index contributed by atoms with van der Waals surface area (Å²) in [6.45, 7) is 8.38. The average molecular weight is 435 g/mol. The van der Waals surface area contributed by atoms with E-state index < -0.39 is 0 Å². The fourth-order valence-electron chi connectivity index (χ4n) is 9.04. The highest BCUT2D eigenvalue weighted by atomic mass is 16.3. The van der Waals surface area contributed by atoms with Gasteiger partial charge < -0.3 is 21.3 Å². The van der Waals surface area contributed by atoms with Gasteiger partial charge in [0.15, 0.2) is 0 Å². The summed E-state index contributed by atoms with van der Waals surface area (Å²) in [5, 5.41) is 24.5. The first-order valence-electron chi connectivity index (χ1n) is 13.0. The van der Waals surface area contributed by atoms with Crippen molar-refractivity contribution in [3.8, 4) is 0 Å². The van der Waals surface area contributed by atoms with Crippen molar-refractivity contribution in [3.05, 3.63) is 0 Å². The summed E-state index contributed by atoms with van der Waals surface area (Å²) >= 11 is 0. The van der Waals surface area contributed by atoms with Crippen molar-refractivity contribution in [3.63, 3.8) is 0 Å². The average Bonchev–Trinajstić information content (AvgIpc) is 3.09. The number of fused-ring (bicyclic) bond motifs is 5. The van der Waals surface area contributed by atoms with E-state index in [1.54, 1.807) is 0 Å². The van der Waals surface area contributed by atoms with E-state index in [0.717, 1.165) is 32.1 Å². The van der Waals surface area contributed by atoms with Gasteiger partial charge in [0.05, 0.1) is 12.2 Å². The summed E-state index contributed by atoms with van der Waals surface area (Å²) < 4.78 is 0. The minimum absolute atomic E-state index is 0.127. The number of rotatable bonds is 6. The molecule has 4 aliphatic carbocycles. The van der Waals surface area contributed by atoms with Crippen LogP contribution in [-0.4, -0.2) is 41.4 Å². The second kappa shape index (κ2) is 8.95. The van der Waals surface area contributed by atoms with Gasteiger partial charge in [-0.2, -0.15) is 0 Å². The molecule has 4 aliphatic rings. The van der Waals surface area contributed by atoms with Crippen molar-refractivity contribution >= 4 is 5.91 Å². The van der Waals surface area contributed by atoms with Crippen LogP contribution >= 0.6 is 0 Å². The molecule has 0 saturated heterocycles. The number of nitrogens with two attached hydrogens (primary N) is 1. The van der Waals surface area contributed by atoms with Gasteiger partial charge in [-0.1, -0.05) is 20.8 Å². The SMILES string of the molecule is C[C@H](CCC(=O)NCCN)[C@H]1CC[C@H]2[C@@H]3[C@H](O)C[C@@H]4C[C@H](O)CC[C@]4(C)[C@H]3CC[C@]12C. The molecule has 0 aromatic heterocycles. The van der Waals surface area contributed by atoms with Crippen LogP contribution < -0.4 is 11.1 Å². The normalized spacial score (nSPS) is 47.7. The third-order valence-corrected chi connectivity index (χ3v) is 10.7. The first-order chi connectivity index (χ1) is 14.7. The molecule has 0 aromatic carbocycles. The van der Waals surface area contributed by atoms with Gasteiger partial charge in [-0.25, -0.2) is 0 Å². The van der Waals surface area contributed by atoms with Crippen LogP contribution in [0.2, 0.25) is 0 Å². The van der Waals surface area contributed by atoms with Gasteiger partial charge >= 0.3 is 0 Å². The summed E-state index contributed by atoms with van der Waals surface area (Å²) in [7, 11) is 0. The van der Waals surface area contributed by atoms with Gasteiger partial charge in [0.2, 0.25) is 5.91 Å². The standard InChI is InChI=1S/C26H46N2O3/c1-16(4-7-23(31)28-13-12-27)19-5-6-20-24-21(9-11-26(19,20)3)25(2)10-8-18(29)14-17(25)15-22(24)30/h16-22,24,29-30H,4-15,27H2,1-3H3,(H,28,31)/t16-,17+,18-,19-,20+,21+,22-,24+,25+,26-/m1/s1. The second-order valence-corrected chi connectivity index (χ2v) is 12.1. The third-order valence-electron chi connectivity index (χ3n) is 10.7. The van der Waals surface area contributed by atoms with Gasteiger partial charge in [-0.15, -0.1) is 0 Å². The van der Waals surface area contributed by atoms with Gasteiger partial charge in [0.25, 0.3) is 0 Å². The molecule has 0 spiro atoms. The highest BCUT2D eigenvalue weighted by molar-refractivity contribution is 5.75. The maximum atomic E-state index is 12.1. The minimum Gasteiger partial charge on any atom is -0.393 e. The molecule has 0 aromatic rings. The number of hydrogen-bond donors (Lipinski definition) is 4. The number of aliphatic hydroxyl groups excluding tert-OH is 2. The Labute approximate surface area is 188 Å². The van der Waals surface area contributed by atoms with E-state index in [1.165, 1.54) is 25.7 Å². The molecule has 4 saturated carbocycles. The van der Waals surface area contributed by atoms with Crippen molar-refractivity contribution in [2.24, 2.45) is 52.1 Å². The Kier molecular flexibility index (Phi) is 6.78. The predicted octanol–water partition coefficient (Wildman–Crippen LogP) is 3.47. The van der Waals surface area contributed by atoms with E-state index >= 15 is 0 Å². The number of aliphatic hydroxyl groups is 2. The zero-order chi connectivity index (χ0) is 22.4. The molecule has 5 nitrogen and oxygen atoms in total. The lowest BCUT2D eigenvalue weighted by atomic mass is 9.43. The number of carbonyl (C=O) groups is 1. The smallest absolute Gasteiger partial charge is 0.220 e. The first-order valence-corrected chi connectivity index (χ1v) is 13.0. The summed E-state index contributed by atoms with van der Waals surface area (Å²) in [5.41, 5.74) is 6.07. The van der Waals surface area contributed by atoms with Crippen LogP contribution in [0.4, 0.5) is 0 Å². The zero-order valence-electron chi connectivity index (χ0n) is 20.0. The highest BCUT2D eigenvalue weighted by Crippen LogP contribution is 2.68. The Balaban J connectivity index is 1.46. The Morgan fingerprint density at radius 1 is 1.06 bits per heavy atom. The van der Waals surface area contributed by atoms with Crippen LogP contribution in [0.3, 0.4) is 0 Å². The predicted molar refractivity (Wildman–Crippen MR) is 123 cm³/mol. The molecular formula is C26H46N2O3. The number of hydrogen-bond acceptors (Lipinski definition) is 4. The Bertz CT molecular complexity index is 657. The molecule has 5 heteroatoms. The molecule has 0 bridgehead atoms. The molecule has 4 rings (SSSR count). The Morgan fingerprint density at radius 3 is 2.52 bits per heavy atom. The molecule has 1 amide bonds. The molecule has 0 heterocycles. The molecule has 4 fully saturated rings. The summed E-state index contributed by atoms with van der Waals surface area (Å²) in [5.74, 6) is 3.39. The highest BCUT2D eigenvalue weighted by Gasteiger charge is 2.62. The van der Waals surface area contributed by atoms with E-state index in [-0.39, 0.29) is 28.9 Å². The van der Waals surface area contributed by atoms with Gasteiger partial charge in [0, 0.05) is 19.5 Å². The van der Waals surface area contributed by atoms with Gasteiger partial charge in [0.1, 0.15) is 0 Å². The van der Waals surface area contributed by atoms with Crippen molar-refractivity contribution < 1.29 is 15.0 Å². The van der Waals surface area contributed by atoms with E-state index in [0.29, 0.717) is 55.0 Å². The number of amides is 1. The maximum Gasteiger partial charge on any atom is 0.220 e. The lowest BCUT2D eigenvalue weighted by Crippen LogP contribution is -2.58.